The number of aryl methyl sites for hydroxylation is 1. The minimum Gasteiger partial charge on any atom is -0.326 e. The molecule has 2 aromatic rings. The van der Waals surface area contributed by atoms with Gasteiger partial charge in [0.25, 0.3) is 10.0 Å². The molecule has 1 saturated heterocycles. The Bertz CT molecular complexity index is 1170. The largest absolute Gasteiger partial charge is 0.326 e. The molecule has 1 atom stereocenters. The van der Waals surface area contributed by atoms with Gasteiger partial charge in [-0.1, -0.05) is 18.2 Å². The van der Waals surface area contributed by atoms with E-state index >= 15 is 0 Å². The van der Waals surface area contributed by atoms with Crippen LogP contribution in [-0.4, -0.2) is 46.7 Å². The van der Waals surface area contributed by atoms with Crippen LogP contribution in [0.2, 0.25) is 0 Å². The fraction of sp³-hybridized carbons (Fsp3) is 0.381. The number of carbonyl (C=O) groups excluding carboxylic acids is 1. The molecule has 1 aromatic carbocycles. The number of nitrogens with one attached hydrogen (secondary N) is 2. The van der Waals surface area contributed by atoms with Crippen LogP contribution in [0.3, 0.4) is 0 Å². The van der Waals surface area contributed by atoms with E-state index in [0.29, 0.717) is 34.8 Å². The first-order valence-corrected chi connectivity index (χ1v) is 14.1. The van der Waals surface area contributed by atoms with E-state index in [9.17, 15) is 21.6 Å². The van der Waals surface area contributed by atoms with Crippen LogP contribution in [-0.2, 0) is 30.6 Å². The maximum absolute atomic E-state index is 12.9. The van der Waals surface area contributed by atoms with E-state index in [1.807, 2.05) is 6.92 Å². The number of thiophene rings is 1. The lowest BCUT2D eigenvalue weighted by atomic mass is 9.98. The van der Waals surface area contributed by atoms with Crippen LogP contribution in [0.25, 0.3) is 0 Å². The Balaban J connectivity index is 1.61. The molecule has 174 valence electrons. The van der Waals surface area contributed by atoms with Gasteiger partial charge in [0.2, 0.25) is 15.9 Å². The van der Waals surface area contributed by atoms with Gasteiger partial charge in [-0.2, -0.15) is 4.31 Å². The topological polar surface area (TPSA) is 113 Å². The smallest absolute Gasteiger partial charge is 0.252 e. The van der Waals surface area contributed by atoms with Crippen LogP contribution in [0.15, 0.2) is 53.3 Å². The Hall–Kier alpha value is -2.05. The van der Waals surface area contributed by atoms with Crippen LogP contribution in [0.1, 0.15) is 23.3 Å². The Morgan fingerprint density at radius 3 is 2.53 bits per heavy atom. The maximum Gasteiger partial charge on any atom is 0.252 e. The highest BCUT2D eigenvalue weighted by molar-refractivity contribution is 7.91. The van der Waals surface area contributed by atoms with Gasteiger partial charge in [0.1, 0.15) is 4.21 Å². The molecule has 1 unspecified atom stereocenters. The number of amides is 1. The van der Waals surface area contributed by atoms with Gasteiger partial charge < -0.3 is 5.32 Å². The normalized spacial score (nSPS) is 17.7. The van der Waals surface area contributed by atoms with Gasteiger partial charge in [-0.15, -0.1) is 17.9 Å². The van der Waals surface area contributed by atoms with Gasteiger partial charge in [0, 0.05) is 30.2 Å². The summed E-state index contributed by atoms with van der Waals surface area (Å²) in [5.41, 5.74) is 1.12. The van der Waals surface area contributed by atoms with Crippen molar-refractivity contribution in [1.82, 2.24) is 9.03 Å². The highest BCUT2D eigenvalue weighted by Crippen LogP contribution is 2.28. The summed E-state index contributed by atoms with van der Waals surface area (Å²) in [7, 11) is -7.07. The molecule has 0 radical (unpaired) electrons. The van der Waals surface area contributed by atoms with E-state index in [0.717, 1.165) is 4.88 Å². The van der Waals surface area contributed by atoms with E-state index in [-0.39, 0.29) is 24.7 Å². The summed E-state index contributed by atoms with van der Waals surface area (Å²) in [6.45, 7) is 6.03. The van der Waals surface area contributed by atoms with Gasteiger partial charge in [0.05, 0.1) is 11.7 Å². The first kappa shape index (κ1) is 24.6. The summed E-state index contributed by atoms with van der Waals surface area (Å²) in [6.07, 6.45) is 2.68. The lowest BCUT2D eigenvalue weighted by Gasteiger charge is -2.30. The van der Waals surface area contributed by atoms with Gasteiger partial charge in [-0.3, -0.25) is 4.79 Å². The van der Waals surface area contributed by atoms with Crippen molar-refractivity contribution in [3.05, 3.63) is 59.5 Å². The van der Waals surface area contributed by atoms with Gasteiger partial charge in [0.15, 0.2) is 0 Å². The van der Waals surface area contributed by atoms with E-state index < -0.39 is 26.0 Å². The molecule has 0 saturated carbocycles. The summed E-state index contributed by atoms with van der Waals surface area (Å²) in [5.74, 6) is -0.879. The summed E-state index contributed by atoms with van der Waals surface area (Å²) < 4.78 is 53.8. The zero-order valence-corrected chi connectivity index (χ0v) is 20.2. The second-order valence-electron chi connectivity index (χ2n) is 7.65. The number of hydrogen-bond acceptors (Lipinski definition) is 6. The first-order chi connectivity index (χ1) is 15.1. The van der Waals surface area contributed by atoms with Gasteiger partial charge in [-0.25, -0.2) is 21.6 Å². The summed E-state index contributed by atoms with van der Waals surface area (Å²) in [4.78, 5) is 13.7. The van der Waals surface area contributed by atoms with E-state index in [1.54, 1.807) is 36.4 Å². The van der Waals surface area contributed by atoms with E-state index in [2.05, 4.69) is 16.6 Å². The monoisotopic (exact) mass is 497 g/mol. The third kappa shape index (κ3) is 6.26. The third-order valence-corrected chi connectivity index (χ3v) is 9.74. The molecule has 0 bridgehead atoms. The second-order valence-corrected chi connectivity index (χ2v) is 12.9. The molecule has 1 aliphatic rings. The standard InChI is InChI=1S/C21H27N3O5S3/c1-3-12-22-31(26,27)15-17-7-9-19(10-8-17)23-21(25)18-5-4-13-24(14-18)32(28,29)20-11-6-16(2)30-20/h3,6-11,18,22H,1,4-5,12-15H2,2H3,(H,23,25). The average molecular weight is 498 g/mol. The minimum absolute atomic E-state index is 0.135. The number of sulfonamides is 2. The number of benzene rings is 1. The van der Waals surface area contributed by atoms with Crippen LogP contribution >= 0.6 is 11.3 Å². The Morgan fingerprint density at radius 2 is 1.91 bits per heavy atom. The second kappa shape index (κ2) is 10.3. The van der Waals surface area contributed by atoms with Crippen molar-refractivity contribution in [3.8, 4) is 0 Å². The molecule has 1 amide bonds. The van der Waals surface area contributed by atoms with Crippen molar-refractivity contribution < 1.29 is 21.6 Å². The molecule has 1 aromatic heterocycles. The SMILES string of the molecule is C=CCNS(=O)(=O)Cc1ccc(NC(=O)C2CCCN(S(=O)(=O)c3ccc(C)s3)C2)cc1. The number of rotatable bonds is 9. The Labute approximate surface area is 193 Å². The molecular weight excluding hydrogens is 470 g/mol. The summed E-state index contributed by atoms with van der Waals surface area (Å²) in [6, 6.07) is 9.94. The maximum atomic E-state index is 12.9. The lowest BCUT2D eigenvalue weighted by Crippen LogP contribution is -2.43. The first-order valence-electron chi connectivity index (χ1n) is 10.2. The summed E-state index contributed by atoms with van der Waals surface area (Å²) in [5, 5.41) is 2.82. The molecule has 0 spiro atoms. The Morgan fingerprint density at radius 1 is 1.19 bits per heavy atom. The van der Waals surface area contributed by atoms with Crippen molar-refractivity contribution >= 4 is 43.0 Å². The van der Waals surface area contributed by atoms with Crippen LogP contribution in [0, 0.1) is 12.8 Å². The number of piperidine rings is 1. The fourth-order valence-corrected chi connectivity index (χ4v) is 7.50. The molecule has 11 heteroatoms. The van der Waals surface area contributed by atoms with Crippen molar-refractivity contribution in [2.45, 2.75) is 29.7 Å². The van der Waals surface area contributed by atoms with Crippen molar-refractivity contribution in [1.29, 1.82) is 0 Å². The number of hydrogen-bond donors (Lipinski definition) is 2. The molecule has 8 nitrogen and oxygen atoms in total. The van der Waals surface area contributed by atoms with Gasteiger partial charge >= 0.3 is 0 Å². The zero-order valence-electron chi connectivity index (χ0n) is 17.8. The van der Waals surface area contributed by atoms with Crippen LogP contribution < -0.4 is 10.0 Å². The predicted octanol–water partition coefficient (Wildman–Crippen LogP) is 2.70. The number of carbonyl (C=O) groups is 1. The quantitative estimate of drug-likeness (QED) is 0.517. The molecule has 3 rings (SSSR count). The van der Waals surface area contributed by atoms with Crippen molar-refractivity contribution in [3.63, 3.8) is 0 Å². The van der Waals surface area contributed by atoms with Crippen LogP contribution in [0.4, 0.5) is 5.69 Å². The molecule has 1 aliphatic heterocycles. The minimum atomic E-state index is -3.61. The molecular formula is C21H27N3O5S3. The van der Waals surface area contributed by atoms with Gasteiger partial charge in [-0.05, 0) is 49.6 Å². The Kier molecular flexibility index (Phi) is 7.88. The molecule has 1 fully saturated rings. The highest BCUT2D eigenvalue weighted by Gasteiger charge is 2.34. The lowest BCUT2D eigenvalue weighted by molar-refractivity contribution is -0.120. The van der Waals surface area contributed by atoms with E-state index in [4.69, 9.17) is 0 Å². The summed E-state index contributed by atoms with van der Waals surface area (Å²) >= 11 is 1.23. The van der Waals surface area contributed by atoms with E-state index in [1.165, 1.54) is 21.7 Å². The fourth-order valence-electron chi connectivity index (χ4n) is 3.44. The highest BCUT2D eigenvalue weighted by atomic mass is 32.2. The average Bonchev–Trinajstić information content (AvgIpc) is 3.21. The molecule has 0 aliphatic carbocycles. The number of anilines is 1. The predicted molar refractivity (Wildman–Crippen MR) is 126 cm³/mol. The third-order valence-electron chi connectivity index (χ3n) is 5.09. The van der Waals surface area contributed by atoms with Crippen LogP contribution in [0.5, 0.6) is 0 Å². The molecule has 2 heterocycles. The number of nitrogens with zero attached hydrogens (tertiary/aromatic N) is 1. The van der Waals surface area contributed by atoms with Crippen molar-refractivity contribution in [2.24, 2.45) is 5.92 Å². The molecule has 32 heavy (non-hydrogen) atoms. The van der Waals surface area contributed by atoms with Crippen molar-refractivity contribution in [2.75, 3.05) is 25.0 Å². The zero-order chi connectivity index (χ0) is 23.4. The molecule has 2 N–H and O–H groups in total.